The first-order valence-corrected chi connectivity index (χ1v) is 8.39. The lowest BCUT2D eigenvalue weighted by atomic mass is 10.2. The van der Waals surface area contributed by atoms with Crippen molar-refractivity contribution in [2.45, 2.75) is 19.3 Å². The van der Waals surface area contributed by atoms with Crippen molar-refractivity contribution in [1.82, 2.24) is 14.9 Å². The quantitative estimate of drug-likeness (QED) is 0.548. The normalized spacial score (nSPS) is 13.5. The van der Waals surface area contributed by atoms with Crippen LogP contribution >= 0.6 is 0 Å². The molecular formula is C19H20N4O2. The molecule has 0 bridgehead atoms. The highest BCUT2D eigenvalue weighted by Crippen LogP contribution is 2.21. The van der Waals surface area contributed by atoms with Gasteiger partial charge >= 0.3 is 0 Å². The standard InChI is InChI=1S/C19H20N4O2/c24-18-10-11-19(25)23(18)15-7-1-6-14-22(16-8-2-4-12-20-16)17-9-3-5-13-21-17/h2-5,8-13H,1,6-7,14-15H2. The third-order valence-corrected chi connectivity index (χ3v) is 4.02. The lowest BCUT2D eigenvalue weighted by Gasteiger charge is -2.22. The van der Waals surface area contributed by atoms with E-state index in [2.05, 4.69) is 14.9 Å². The molecule has 0 spiro atoms. The van der Waals surface area contributed by atoms with E-state index in [9.17, 15) is 9.59 Å². The van der Waals surface area contributed by atoms with E-state index >= 15 is 0 Å². The molecular weight excluding hydrogens is 316 g/mol. The minimum Gasteiger partial charge on any atom is -0.311 e. The van der Waals surface area contributed by atoms with E-state index in [1.54, 1.807) is 12.4 Å². The second-order valence-corrected chi connectivity index (χ2v) is 5.75. The largest absolute Gasteiger partial charge is 0.311 e. The number of imide groups is 1. The zero-order valence-corrected chi connectivity index (χ0v) is 13.9. The van der Waals surface area contributed by atoms with Gasteiger partial charge in [-0.3, -0.25) is 14.5 Å². The zero-order valence-electron chi connectivity index (χ0n) is 13.9. The molecule has 6 nitrogen and oxygen atoms in total. The van der Waals surface area contributed by atoms with Gasteiger partial charge in [-0.05, 0) is 43.5 Å². The highest BCUT2D eigenvalue weighted by Gasteiger charge is 2.22. The van der Waals surface area contributed by atoms with Gasteiger partial charge in [0.25, 0.3) is 11.8 Å². The fourth-order valence-electron chi connectivity index (χ4n) is 2.74. The van der Waals surface area contributed by atoms with E-state index in [0.717, 1.165) is 37.4 Å². The van der Waals surface area contributed by atoms with Crippen LogP contribution in [0, 0.1) is 0 Å². The van der Waals surface area contributed by atoms with Crippen LogP contribution in [-0.4, -0.2) is 39.8 Å². The summed E-state index contributed by atoms with van der Waals surface area (Å²) in [6.07, 6.45) is 8.80. The lowest BCUT2D eigenvalue weighted by Crippen LogP contribution is -2.31. The molecule has 0 N–H and O–H groups in total. The second-order valence-electron chi connectivity index (χ2n) is 5.75. The summed E-state index contributed by atoms with van der Waals surface area (Å²) >= 11 is 0. The Labute approximate surface area is 146 Å². The number of hydrogen-bond donors (Lipinski definition) is 0. The van der Waals surface area contributed by atoms with Crippen LogP contribution in [0.5, 0.6) is 0 Å². The first-order valence-electron chi connectivity index (χ1n) is 8.39. The molecule has 1 aliphatic rings. The van der Waals surface area contributed by atoms with Crippen LogP contribution in [0.25, 0.3) is 0 Å². The first-order chi connectivity index (χ1) is 12.3. The SMILES string of the molecule is O=C1C=CC(=O)N1CCCCCN(c1ccccn1)c1ccccn1. The maximum absolute atomic E-state index is 11.5. The summed E-state index contributed by atoms with van der Waals surface area (Å²) in [6, 6.07) is 11.6. The summed E-state index contributed by atoms with van der Waals surface area (Å²) in [4.78, 5) is 35.2. The Hall–Kier alpha value is -3.02. The number of aromatic nitrogens is 2. The summed E-state index contributed by atoms with van der Waals surface area (Å²) in [5, 5.41) is 0. The minimum atomic E-state index is -0.214. The number of pyridine rings is 2. The first kappa shape index (κ1) is 16.8. The van der Waals surface area contributed by atoms with E-state index in [1.165, 1.54) is 17.1 Å². The molecule has 0 saturated carbocycles. The van der Waals surface area contributed by atoms with E-state index in [-0.39, 0.29) is 11.8 Å². The van der Waals surface area contributed by atoms with E-state index < -0.39 is 0 Å². The molecule has 3 heterocycles. The van der Waals surface area contributed by atoms with Gasteiger partial charge in [0, 0.05) is 37.6 Å². The predicted molar refractivity (Wildman–Crippen MR) is 95.2 cm³/mol. The van der Waals surface area contributed by atoms with E-state index in [0.29, 0.717) is 6.54 Å². The lowest BCUT2D eigenvalue weighted by molar-refractivity contribution is -0.136. The van der Waals surface area contributed by atoms with Crippen molar-refractivity contribution in [3.63, 3.8) is 0 Å². The molecule has 2 aromatic heterocycles. The van der Waals surface area contributed by atoms with Crippen LogP contribution in [-0.2, 0) is 9.59 Å². The van der Waals surface area contributed by atoms with Crippen LogP contribution in [0.3, 0.4) is 0 Å². The van der Waals surface area contributed by atoms with Gasteiger partial charge in [-0.2, -0.15) is 0 Å². The molecule has 0 aliphatic carbocycles. The van der Waals surface area contributed by atoms with Crippen molar-refractivity contribution in [2.75, 3.05) is 18.0 Å². The zero-order chi connectivity index (χ0) is 17.5. The maximum atomic E-state index is 11.5. The Morgan fingerprint density at radius 1 is 0.800 bits per heavy atom. The fourth-order valence-corrected chi connectivity index (χ4v) is 2.74. The Kier molecular flexibility index (Phi) is 5.51. The maximum Gasteiger partial charge on any atom is 0.253 e. The number of amides is 2. The Morgan fingerprint density at radius 3 is 1.92 bits per heavy atom. The third kappa shape index (κ3) is 4.29. The van der Waals surface area contributed by atoms with Crippen LogP contribution in [0.15, 0.2) is 60.9 Å². The second kappa shape index (κ2) is 8.19. The fraction of sp³-hybridized carbons (Fsp3) is 0.263. The van der Waals surface area contributed by atoms with Gasteiger partial charge in [-0.25, -0.2) is 9.97 Å². The van der Waals surface area contributed by atoms with Crippen molar-refractivity contribution in [3.8, 4) is 0 Å². The number of rotatable bonds is 8. The number of nitrogens with zero attached hydrogens (tertiary/aromatic N) is 4. The molecule has 128 valence electrons. The van der Waals surface area contributed by atoms with Crippen molar-refractivity contribution < 1.29 is 9.59 Å². The van der Waals surface area contributed by atoms with Crippen molar-refractivity contribution in [3.05, 3.63) is 60.9 Å². The minimum absolute atomic E-state index is 0.214. The monoisotopic (exact) mass is 336 g/mol. The number of carbonyl (C=O) groups is 2. The molecule has 2 amide bonds. The molecule has 0 radical (unpaired) electrons. The van der Waals surface area contributed by atoms with Gasteiger partial charge in [-0.1, -0.05) is 12.1 Å². The van der Waals surface area contributed by atoms with Gasteiger partial charge in [0.2, 0.25) is 0 Å². The van der Waals surface area contributed by atoms with E-state index in [4.69, 9.17) is 0 Å². The molecule has 6 heteroatoms. The Balaban J connectivity index is 1.53. The average molecular weight is 336 g/mol. The molecule has 0 fully saturated rings. The molecule has 0 saturated heterocycles. The molecule has 1 aliphatic heterocycles. The smallest absolute Gasteiger partial charge is 0.253 e. The van der Waals surface area contributed by atoms with Crippen molar-refractivity contribution in [1.29, 1.82) is 0 Å². The highest BCUT2D eigenvalue weighted by atomic mass is 16.2. The summed E-state index contributed by atoms with van der Waals surface area (Å²) in [5.74, 6) is 1.28. The molecule has 0 aromatic carbocycles. The van der Waals surface area contributed by atoms with Gasteiger partial charge in [-0.15, -0.1) is 0 Å². The molecule has 3 rings (SSSR count). The molecule has 2 aromatic rings. The van der Waals surface area contributed by atoms with Crippen LogP contribution < -0.4 is 4.90 Å². The number of anilines is 2. The molecule has 25 heavy (non-hydrogen) atoms. The van der Waals surface area contributed by atoms with Crippen molar-refractivity contribution in [2.24, 2.45) is 0 Å². The third-order valence-electron chi connectivity index (χ3n) is 4.02. The van der Waals surface area contributed by atoms with Crippen LogP contribution in [0.2, 0.25) is 0 Å². The average Bonchev–Trinajstić information content (AvgIpc) is 2.98. The van der Waals surface area contributed by atoms with Gasteiger partial charge in [0.05, 0.1) is 0 Å². The number of hydrogen-bond acceptors (Lipinski definition) is 5. The van der Waals surface area contributed by atoms with Crippen molar-refractivity contribution >= 4 is 23.5 Å². The Bertz CT molecular complexity index is 689. The van der Waals surface area contributed by atoms with Crippen LogP contribution in [0.4, 0.5) is 11.6 Å². The summed E-state index contributed by atoms with van der Waals surface area (Å²) < 4.78 is 0. The van der Waals surface area contributed by atoms with Gasteiger partial charge < -0.3 is 4.90 Å². The van der Waals surface area contributed by atoms with Gasteiger partial charge in [0.1, 0.15) is 11.6 Å². The van der Waals surface area contributed by atoms with E-state index in [1.807, 2.05) is 36.4 Å². The molecule has 0 unspecified atom stereocenters. The Morgan fingerprint density at radius 2 is 1.40 bits per heavy atom. The highest BCUT2D eigenvalue weighted by molar-refractivity contribution is 6.12. The number of carbonyl (C=O) groups excluding carboxylic acids is 2. The number of unbranched alkanes of at least 4 members (excludes halogenated alkanes) is 2. The summed E-state index contributed by atoms with van der Waals surface area (Å²) in [5.41, 5.74) is 0. The predicted octanol–water partition coefficient (Wildman–Crippen LogP) is 2.71. The molecule has 0 atom stereocenters. The summed E-state index contributed by atoms with van der Waals surface area (Å²) in [7, 11) is 0. The van der Waals surface area contributed by atoms with Gasteiger partial charge in [0.15, 0.2) is 0 Å². The van der Waals surface area contributed by atoms with Crippen LogP contribution in [0.1, 0.15) is 19.3 Å². The summed E-state index contributed by atoms with van der Waals surface area (Å²) in [6.45, 7) is 1.24. The topological polar surface area (TPSA) is 66.4 Å².